The zero-order valence-corrected chi connectivity index (χ0v) is 20.2. The molecule has 2 aliphatic rings. The van der Waals surface area contributed by atoms with Gasteiger partial charge in [0.2, 0.25) is 5.91 Å². The second kappa shape index (κ2) is 10.0. The van der Waals surface area contributed by atoms with Gasteiger partial charge < -0.3 is 15.0 Å². The third kappa shape index (κ3) is 4.23. The lowest BCUT2D eigenvalue weighted by atomic mass is 9.80. The highest BCUT2D eigenvalue weighted by Crippen LogP contribution is 2.47. The number of thiophene rings is 1. The minimum atomic E-state index is -0.465. The molecule has 176 valence electrons. The number of ether oxygens (including phenoxy) is 1. The number of benzene rings is 2. The predicted molar refractivity (Wildman–Crippen MR) is 134 cm³/mol. The van der Waals surface area contributed by atoms with Gasteiger partial charge in [-0.2, -0.15) is 0 Å². The maximum Gasteiger partial charge on any atom is 0.254 e. The van der Waals surface area contributed by atoms with Crippen molar-refractivity contribution in [3.05, 3.63) is 87.6 Å². The molecule has 1 aliphatic heterocycles. The summed E-state index contributed by atoms with van der Waals surface area (Å²) in [6.45, 7) is 2.90. The van der Waals surface area contributed by atoms with Gasteiger partial charge in [-0.3, -0.25) is 9.59 Å². The summed E-state index contributed by atoms with van der Waals surface area (Å²) in [6, 6.07) is 19.4. The Morgan fingerprint density at radius 1 is 1.06 bits per heavy atom. The second-order valence-electron chi connectivity index (χ2n) is 8.93. The van der Waals surface area contributed by atoms with Gasteiger partial charge in [0.25, 0.3) is 5.91 Å². The van der Waals surface area contributed by atoms with Gasteiger partial charge in [0.15, 0.2) is 0 Å². The third-order valence-electron chi connectivity index (χ3n) is 6.94. The Kier molecular flexibility index (Phi) is 6.68. The van der Waals surface area contributed by atoms with E-state index < -0.39 is 5.92 Å². The van der Waals surface area contributed by atoms with Crippen LogP contribution in [0.1, 0.15) is 70.9 Å². The fourth-order valence-electron chi connectivity index (χ4n) is 5.42. The maximum absolute atomic E-state index is 13.9. The lowest BCUT2D eigenvalue weighted by molar-refractivity contribution is -0.124. The van der Waals surface area contributed by atoms with E-state index in [1.807, 2.05) is 71.8 Å². The molecule has 5 rings (SSSR count). The molecule has 0 saturated heterocycles. The molecule has 2 atom stereocenters. The van der Waals surface area contributed by atoms with Crippen molar-refractivity contribution in [2.75, 3.05) is 6.61 Å². The molecule has 2 amide bonds. The van der Waals surface area contributed by atoms with Crippen LogP contribution in [-0.2, 0) is 11.3 Å². The second-order valence-corrected chi connectivity index (χ2v) is 9.91. The molecule has 3 aromatic rings. The number of hydrogen-bond acceptors (Lipinski definition) is 4. The van der Waals surface area contributed by atoms with E-state index in [9.17, 15) is 9.59 Å². The number of fused-ring (bicyclic) bond motifs is 1. The van der Waals surface area contributed by atoms with E-state index in [1.165, 1.54) is 0 Å². The summed E-state index contributed by atoms with van der Waals surface area (Å²) in [4.78, 5) is 30.7. The summed E-state index contributed by atoms with van der Waals surface area (Å²) < 4.78 is 5.75. The normalized spacial score (nSPS) is 20.3. The van der Waals surface area contributed by atoms with Gasteiger partial charge in [-0.25, -0.2) is 0 Å². The van der Waals surface area contributed by atoms with Crippen molar-refractivity contribution < 1.29 is 14.3 Å². The van der Waals surface area contributed by atoms with Gasteiger partial charge in [0, 0.05) is 28.6 Å². The summed E-state index contributed by atoms with van der Waals surface area (Å²) in [6.07, 6.45) is 4.23. The number of rotatable bonds is 7. The number of carbonyl (C=O) groups is 2. The molecule has 0 bridgehead atoms. The standard InChI is InChI=1S/C28H30N2O3S/c1-2-33-23-15-8-3-10-19(23)18-29-27(31)25-21-13-6-7-14-22(21)28(32)30(20-11-4-5-12-20)26(25)24-16-9-17-34-24/h3,6-10,13-17,20,25-26H,2,4-5,11-12,18H2,1H3,(H,29,31)/t25-,26+/m1/s1. The van der Waals surface area contributed by atoms with E-state index in [2.05, 4.69) is 11.4 Å². The number of amides is 2. The molecule has 1 fully saturated rings. The SMILES string of the molecule is CCOc1ccccc1CNC(=O)[C@@H]1c2ccccc2C(=O)N(C2CCCC2)[C@H]1c1cccs1. The van der Waals surface area contributed by atoms with Gasteiger partial charge in [-0.05, 0) is 48.9 Å². The van der Waals surface area contributed by atoms with Crippen LogP contribution in [0.15, 0.2) is 66.0 Å². The van der Waals surface area contributed by atoms with Crippen LogP contribution in [0, 0.1) is 0 Å². The molecule has 6 heteroatoms. The molecule has 34 heavy (non-hydrogen) atoms. The molecular weight excluding hydrogens is 444 g/mol. The Bertz CT molecular complexity index is 1150. The van der Waals surface area contributed by atoms with E-state index >= 15 is 0 Å². The Morgan fingerprint density at radius 3 is 2.59 bits per heavy atom. The Hall–Kier alpha value is -3.12. The number of hydrogen-bond donors (Lipinski definition) is 1. The molecule has 1 aromatic heterocycles. The van der Waals surface area contributed by atoms with Gasteiger partial charge in [-0.1, -0.05) is 55.3 Å². The summed E-state index contributed by atoms with van der Waals surface area (Å²) in [7, 11) is 0. The smallest absolute Gasteiger partial charge is 0.254 e. The van der Waals surface area contributed by atoms with E-state index in [4.69, 9.17) is 4.74 Å². The lowest BCUT2D eigenvalue weighted by Gasteiger charge is -2.44. The van der Waals surface area contributed by atoms with Gasteiger partial charge in [-0.15, -0.1) is 11.3 Å². The summed E-state index contributed by atoms with van der Waals surface area (Å²) >= 11 is 1.62. The summed E-state index contributed by atoms with van der Waals surface area (Å²) in [5.74, 6) is 0.304. The van der Waals surface area contributed by atoms with Crippen LogP contribution < -0.4 is 10.1 Å². The van der Waals surface area contributed by atoms with E-state index in [1.54, 1.807) is 11.3 Å². The molecule has 1 saturated carbocycles. The van der Waals surface area contributed by atoms with Crippen LogP contribution in [0.25, 0.3) is 0 Å². The van der Waals surface area contributed by atoms with E-state index in [0.29, 0.717) is 18.7 Å². The van der Waals surface area contributed by atoms with E-state index in [-0.39, 0.29) is 23.9 Å². The van der Waals surface area contributed by atoms with Crippen molar-refractivity contribution in [3.8, 4) is 5.75 Å². The van der Waals surface area contributed by atoms with Crippen molar-refractivity contribution in [1.82, 2.24) is 10.2 Å². The van der Waals surface area contributed by atoms with Crippen molar-refractivity contribution in [2.45, 2.75) is 57.2 Å². The Morgan fingerprint density at radius 2 is 1.82 bits per heavy atom. The fourth-order valence-corrected chi connectivity index (χ4v) is 6.28. The predicted octanol–water partition coefficient (Wildman–Crippen LogP) is 5.69. The zero-order valence-electron chi connectivity index (χ0n) is 19.4. The molecule has 2 heterocycles. The number of nitrogens with zero attached hydrogens (tertiary/aromatic N) is 1. The highest BCUT2D eigenvalue weighted by molar-refractivity contribution is 7.10. The summed E-state index contributed by atoms with van der Waals surface area (Å²) in [5.41, 5.74) is 2.41. The monoisotopic (exact) mass is 474 g/mol. The fraction of sp³-hybridized carbons (Fsp3) is 0.357. The van der Waals surface area contributed by atoms with Crippen LogP contribution in [0.5, 0.6) is 5.75 Å². The Balaban J connectivity index is 1.52. The quantitative estimate of drug-likeness (QED) is 0.479. The molecule has 0 radical (unpaired) electrons. The van der Waals surface area contributed by atoms with Gasteiger partial charge in [0.1, 0.15) is 5.75 Å². The molecule has 0 unspecified atom stereocenters. The van der Waals surface area contributed by atoms with Gasteiger partial charge >= 0.3 is 0 Å². The first kappa shape index (κ1) is 22.7. The Labute approximate surface area is 204 Å². The topological polar surface area (TPSA) is 58.6 Å². The molecular formula is C28H30N2O3S. The minimum absolute atomic E-state index is 0.0478. The zero-order chi connectivity index (χ0) is 23.5. The average molecular weight is 475 g/mol. The van der Waals surface area contributed by atoms with Crippen LogP contribution >= 0.6 is 11.3 Å². The number of carbonyl (C=O) groups excluding carboxylic acids is 2. The van der Waals surface area contributed by atoms with Crippen molar-refractivity contribution >= 4 is 23.2 Å². The van der Waals surface area contributed by atoms with E-state index in [0.717, 1.165) is 47.4 Å². The third-order valence-corrected chi connectivity index (χ3v) is 7.88. The first-order valence-electron chi connectivity index (χ1n) is 12.1. The molecule has 5 nitrogen and oxygen atoms in total. The number of nitrogens with one attached hydrogen (secondary N) is 1. The lowest BCUT2D eigenvalue weighted by Crippen LogP contribution is -2.50. The van der Waals surface area contributed by atoms with Crippen LogP contribution in [-0.4, -0.2) is 29.4 Å². The van der Waals surface area contributed by atoms with Crippen LogP contribution in [0.2, 0.25) is 0 Å². The van der Waals surface area contributed by atoms with Crippen LogP contribution in [0.4, 0.5) is 0 Å². The summed E-state index contributed by atoms with van der Waals surface area (Å²) in [5, 5.41) is 5.20. The van der Waals surface area contributed by atoms with Gasteiger partial charge in [0.05, 0.1) is 18.6 Å². The molecule has 1 aliphatic carbocycles. The first-order valence-corrected chi connectivity index (χ1v) is 13.0. The highest BCUT2D eigenvalue weighted by Gasteiger charge is 2.47. The molecule has 1 N–H and O–H groups in total. The molecule has 0 spiro atoms. The van der Waals surface area contributed by atoms with Crippen LogP contribution in [0.3, 0.4) is 0 Å². The van der Waals surface area contributed by atoms with Crippen molar-refractivity contribution in [1.29, 1.82) is 0 Å². The average Bonchev–Trinajstić information content (AvgIpc) is 3.58. The minimum Gasteiger partial charge on any atom is -0.494 e. The largest absolute Gasteiger partial charge is 0.494 e. The van der Waals surface area contributed by atoms with Crippen molar-refractivity contribution in [2.24, 2.45) is 0 Å². The highest BCUT2D eigenvalue weighted by atomic mass is 32.1. The maximum atomic E-state index is 13.9. The van der Waals surface area contributed by atoms with Crippen molar-refractivity contribution in [3.63, 3.8) is 0 Å². The first-order chi connectivity index (χ1) is 16.7. The number of para-hydroxylation sites is 1. The molecule has 2 aromatic carbocycles.